The summed E-state index contributed by atoms with van der Waals surface area (Å²) in [5, 5.41) is 16.7. The Balaban J connectivity index is -0.000000363. The zero-order valence-electron chi connectivity index (χ0n) is 18.6. The molecule has 2 N–H and O–H groups in total. The zero-order valence-corrected chi connectivity index (χ0v) is 20.4. The van der Waals surface area contributed by atoms with Gasteiger partial charge < -0.3 is 10.2 Å². The standard InChI is InChI=1S/2C6H5NO2.2C5H8O2.Ru/c2*8-6(9)5-2-1-3-7-4-5;2*1-4(6)3-5(2)7;/h2*1-4H,(H,8,9);2*3H2,1-2H3;/q;;;;+3. The molecular weight excluding hydrogens is 521 g/mol. The Morgan fingerprint density at radius 1 is 0.636 bits per heavy atom. The number of carbonyl (C=O) groups excluding carboxylic acids is 4. The maximum atomic E-state index is 10.2. The molecule has 0 amide bonds. The van der Waals surface area contributed by atoms with Crippen molar-refractivity contribution in [3.05, 3.63) is 60.2 Å². The molecule has 1 radical (unpaired) electrons. The van der Waals surface area contributed by atoms with E-state index in [1.807, 2.05) is 0 Å². The SMILES string of the molecule is CC(=O)CC(C)=O.CC(=O)CC(C)=O.O=C(O)c1cccnc1.O=C(O)c1cccnc1.[Ru+3]. The van der Waals surface area contributed by atoms with Crippen molar-refractivity contribution in [2.24, 2.45) is 0 Å². The van der Waals surface area contributed by atoms with E-state index in [1.165, 1.54) is 64.6 Å². The number of aromatic carboxylic acids is 2. The second-order valence-corrected chi connectivity index (χ2v) is 6.26. The molecule has 0 spiro atoms. The van der Waals surface area contributed by atoms with Gasteiger partial charge in [-0.1, -0.05) is 0 Å². The van der Waals surface area contributed by atoms with Crippen LogP contribution in [-0.2, 0) is 38.7 Å². The predicted molar refractivity (Wildman–Crippen MR) is 114 cm³/mol. The van der Waals surface area contributed by atoms with Crippen LogP contribution in [0.4, 0.5) is 0 Å². The van der Waals surface area contributed by atoms with Gasteiger partial charge in [-0.2, -0.15) is 0 Å². The van der Waals surface area contributed by atoms with Gasteiger partial charge in [0.2, 0.25) is 0 Å². The Kier molecular flexibility index (Phi) is 21.2. The van der Waals surface area contributed by atoms with Crippen molar-refractivity contribution in [3.63, 3.8) is 0 Å². The number of aromatic nitrogens is 2. The molecule has 0 aromatic carbocycles. The molecule has 0 saturated carbocycles. The molecule has 2 rings (SSSR count). The topological polar surface area (TPSA) is 169 Å². The number of Topliss-reactive ketones (excluding diaryl/α,β-unsaturated/α-hetero) is 4. The molecule has 0 aliphatic carbocycles. The Hall–Kier alpha value is -3.46. The van der Waals surface area contributed by atoms with Gasteiger partial charge in [0.05, 0.1) is 24.0 Å². The molecular formula is C22H26N2O8Ru+3. The normalized spacial score (nSPS) is 8.36. The third-order valence-corrected chi connectivity index (χ3v) is 2.81. The van der Waals surface area contributed by atoms with E-state index in [9.17, 15) is 28.8 Å². The Labute approximate surface area is 204 Å². The van der Waals surface area contributed by atoms with Crippen molar-refractivity contribution < 1.29 is 58.5 Å². The van der Waals surface area contributed by atoms with E-state index in [0.717, 1.165) is 0 Å². The summed E-state index contributed by atoms with van der Waals surface area (Å²) in [7, 11) is 0. The Morgan fingerprint density at radius 2 is 0.909 bits per heavy atom. The van der Waals surface area contributed by atoms with Crippen molar-refractivity contribution in [2.75, 3.05) is 0 Å². The van der Waals surface area contributed by atoms with E-state index in [0.29, 0.717) is 0 Å². The van der Waals surface area contributed by atoms with Gasteiger partial charge in [-0.05, 0) is 52.0 Å². The van der Waals surface area contributed by atoms with Gasteiger partial charge in [0.25, 0.3) is 0 Å². The first-order valence-electron chi connectivity index (χ1n) is 9.11. The minimum atomic E-state index is -0.942. The maximum Gasteiger partial charge on any atom is 3.00 e. The van der Waals surface area contributed by atoms with Crippen LogP contribution in [0, 0.1) is 0 Å². The van der Waals surface area contributed by atoms with Crippen LogP contribution in [-0.4, -0.2) is 55.3 Å². The van der Waals surface area contributed by atoms with Gasteiger partial charge in [-0.15, -0.1) is 0 Å². The Bertz CT molecular complexity index is 804. The van der Waals surface area contributed by atoms with Crippen molar-refractivity contribution in [3.8, 4) is 0 Å². The third kappa shape index (κ3) is 24.7. The zero-order chi connectivity index (χ0) is 25.1. The monoisotopic (exact) mass is 548 g/mol. The second kappa shape index (κ2) is 20.4. The number of hydrogen-bond acceptors (Lipinski definition) is 8. The number of hydrogen-bond donors (Lipinski definition) is 2. The molecule has 0 aliphatic heterocycles. The molecule has 177 valence electrons. The fourth-order valence-electron chi connectivity index (χ4n) is 1.68. The summed E-state index contributed by atoms with van der Waals surface area (Å²) in [5.41, 5.74) is 0.440. The van der Waals surface area contributed by atoms with Crippen LogP contribution in [0.15, 0.2) is 49.1 Å². The number of carbonyl (C=O) groups is 6. The molecule has 2 aromatic rings. The van der Waals surface area contributed by atoms with E-state index < -0.39 is 11.9 Å². The number of ketones is 4. The summed E-state index contributed by atoms with van der Waals surface area (Å²) in [4.78, 5) is 67.7. The molecule has 0 atom stereocenters. The fraction of sp³-hybridized carbons (Fsp3) is 0.273. The summed E-state index contributed by atoms with van der Waals surface area (Å²) in [6.45, 7) is 5.62. The van der Waals surface area contributed by atoms with E-state index in [1.54, 1.807) is 12.1 Å². The average Bonchev–Trinajstić information content (AvgIpc) is 2.68. The summed E-state index contributed by atoms with van der Waals surface area (Å²) >= 11 is 0. The van der Waals surface area contributed by atoms with Crippen molar-refractivity contribution in [1.82, 2.24) is 9.97 Å². The van der Waals surface area contributed by atoms with Gasteiger partial charge in [0.15, 0.2) is 0 Å². The molecule has 0 fully saturated rings. The fourth-order valence-corrected chi connectivity index (χ4v) is 1.68. The summed E-state index contributed by atoms with van der Waals surface area (Å²) in [6.07, 6.45) is 5.85. The number of nitrogens with zero attached hydrogens (tertiary/aromatic N) is 2. The van der Waals surface area contributed by atoms with Crippen LogP contribution in [0.3, 0.4) is 0 Å². The summed E-state index contributed by atoms with van der Waals surface area (Å²) < 4.78 is 0. The van der Waals surface area contributed by atoms with Crippen LogP contribution in [0.5, 0.6) is 0 Å². The largest absolute Gasteiger partial charge is 3.00 e. The van der Waals surface area contributed by atoms with Crippen molar-refractivity contribution in [1.29, 1.82) is 0 Å². The van der Waals surface area contributed by atoms with Gasteiger partial charge in [-0.3, -0.25) is 29.1 Å². The Morgan fingerprint density at radius 3 is 1.00 bits per heavy atom. The average molecular weight is 548 g/mol. The van der Waals surface area contributed by atoms with Crippen molar-refractivity contribution >= 4 is 35.1 Å². The molecule has 0 unspecified atom stereocenters. The van der Waals surface area contributed by atoms with Crippen LogP contribution < -0.4 is 0 Å². The first-order valence-corrected chi connectivity index (χ1v) is 9.11. The van der Waals surface area contributed by atoms with Gasteiger partial charge in [-0.25, -0.2) is 9.59 Å². The number of pyridine rings is 2. The first kappa shape index (κ1) is 34.2. The molecule has 0 bridgehead atoms. The number of carboxylic acid groups (broad SMARTS) is 2. The first-order chi connectivity index (χ1) is 14.9. The minimum Gasteiger partial charge on any atom is -0.478 e. The van der Waals surface area contributed by atoms with Gasteiger partial charge in [0.1, 0.15) is 23.1 Å². The third-order valence-electron chi connectivity index (χ3n) is 2.81. The quantitative estimate of drug-likeness (QED) is 0.405. The van der Waals surface area contributed by atoms with Gasteiger partial charge in [0, 0.05) is 24.8 Å². The summed E-state index contributed by atoms with van der Waals surface area (Å²) in [5.74, 6) is -2.13. The minimum absolute atomic E-state index is 0. The molecule has 2 heterocycles. The summed E-state index contributed by atoms with van der Waals surface area (Å²) in [6, 6.07) is 6.16. The van der Waals surface area contributed by atoms with Crippen LogP contribution in [0.2, 0.25) is 0 Å². The smallest absolute Gasteiger partial charge is 0.478 e. The van der Waals surface area contributed by atoms with E-state index in [2.05, 4.69) is 9.97 Å². The number of rotatable bonds is 6. The van der Waals surface area contributed by atoms with E-state index in [-0.39, 0.29) is 66.6 Å². The molecule has 33 heavy (non-hydrogen) atoms. The van der Waals surface area contributed by atoms with Gasteiger partial charge >= 0.3 is 31.4 Å². The van der Waals surface area contributed by atoms with Crippen molar-refractivity contribution in [2.45, 2.75) is 40.5 Å². The maximum absolute atomic E-state index is 10.2. The second-order valence-electron chi connectivity index (χ2n) is 6.26. The molecule has 0 aliphatic rings. The van der Waals surface area contributed by atoms with Crippen LogP contribution in [0.25, 0.3) is 0 Å². The number of carboxylic acids is 2. The van der Waals surface area contributed by atoms with E-state index in [4.69, 9.17) is 10.2 Å². The predicted octanol–water partition coefficient (Wildman–Crippen LogP) is 2.67. The molecule has 2 aromatic heterocycles. The van der Waals surface area contributed by atoms with E-state index >= 15 is 0 Å². The molecule has 0 saturated heterocycles. The van der Waals surface area contributed by atoms with Crippen LogP contribution in [0.1, 0.15) is 61.3 Å². The van der Waals surface area contributed by atoms with Crippen LogP contribution >= 0.6 is 0 Å². The molecule has 11 heteroatoms. The molecule has 10 nitrogen and oxygen atoms in total.